The number of hydrogen-bond acceptors (Lipinski definition) is 4. The molecule has 0 atom stereocenters. The molecule has 0 aromatic rings. The summed E-state index contributed by atoms with van der Waals surface area (Å²) in [4.78, 5) is 23.7. The Morgan fingerprint density at radius 2 is 2.00 bits per heavy atom. The van der Waals surface area contributed by atoms with Crippen molar-refractivity contribution in [2.24, 2.45) is 11.8 Å². The molecule has 4 N–H and O–H groups in total. The monoisotopic (exact) mass is 201 g/mol. The maximum Gasteiger partial charge on any atom is 0.248 e. The first kappa shape index (κ1) is 10.9. The molecule has 1 aliphatic rings. The number of nitrogens with one attached hydrogen (secondary N) is 1. The number of hydrazine groups is 1. The summed E-state index contributed by atoms with van der Waals surface area (Å²) in [6.45, 7) is 0.558. The van der Waals surface area contributed by atoms with Gasteiger partial charge in [0, 0.05) is 19.0 Å². The molecule has 0 radical (unpaired) electrons. The molecule has 1 aliphatic heterocycles. The Kier molecular flexibility index (Phi) is 3.84. The van der Waals surface area contributed by atoms with E-state index in [0.29, 0.717) is 25.9 Å². The fourth-order valence-electron chi connectivity index (χ4n) is 1.61. The highest BCUT2D eigenvalue weighted by atomic mass is 16.3. The zero-order valence-corrected chi connectivity index (χ0v) is 7.90. The molecule has 0 aromatic heterocycles. The van der Waals surface area contributed by atoms with Crippen LogP contribution in [0.5, 0.6) is 0 Å². The van der Waals surface area contributed by atoms with Gasteiger partial charge in [-0.15, -0.1) is 0 Å². The number of rotatable bonds is 2. The normalized spacial score (nSPS) is 18.0. The number of carbonyl (C=O) groups is 2. The Hall–Kier alpha value is -1.14. The Morgan fingerprint density at radius 1 is 1.43 bits per heavy atom. The van der Waals surface area contributed by atoms with Crippen LogP contribution in [0.15, 0.2) is 0 Å². The highest BCUT2D eigenvalue weighted by molar-refractivity contribution is 5.79. The van der Waals surface area contributed by atoms with E-state index in [0.717, 1.165) is 0 Å². The van der Waals surface area contributed by atoms with Gasteiger partial charge >= 0.3 is 0 Å². The molecule has 0 bridgehead atoms. The molecule has 1 rings (SSSR count). The predicted molar refractivity (Wildman–Crippen MR) is 48.7 cm³/mol. The maximum atomic E-state index is 11.1. The van der Waals surface area contributed by atoms with Gasteiger partial charge in [-0.05, 0) is 12.8 Å². The Morgan fingerprint density at radius 3 is 2.43 bits per heavy atom. The van der Waals surface area contributed by atoms with E-state index in [4.69, 9.17) is 10.9 Å². The summed E-state index contributed by atoms with van der Waals surface area (Å²) in [6.07, 6.45) is 1.21. The lowest BCUT2D eigenvalue weighted by atomic mass is 9.96. The number of hydrogen-bond donors (Lipinski definition) is 3. The molecule has 1 heterocycles. The van der Waals surface area contributed by atoms with Gasteiger partial charge in [0.15, 0.2) is 0 Å². The van der Waals surface area contributed by atoms with Crippen molar-refractivity contribution in [2.45, 2.75) is 12.8 Å². The minimum Gasteiger partial charge on any atom is -0.387 e. The summed E-state index contributed by atoms with van der Waals surface area (Å²) < 4.78 is 0. The van der Waals surface area contributed by atoms with E-state index < -0.39 is 6.61 Å². The SMILES string of the molecule is NNC(=O)C1CCN(C(=O)CO)CC1. The van der Waals surface area contributed by atoms with E-state index >= 15 is 0 Å². The van der Waals surface area contributed by atoms with Gasteiger partial charge in [0.05, 0.1) is 0 Å². The molecule has 6 nitrogen and oxygen atoms in total. The summed E-state index contributed by atoms with van der Waals surface area (Å²) in [7, 11) is 0. The second-order valence-electron chi connectivity index (χ2n) is 3.32. The average molecular weight is 201 g/mol. The number of nitrogens with zero attached hydrogens (tertiary/aromatic N) is 1. The molecule has 0 saturated carbocycles. The van der Waals surface area contributed by atoms with Crippen LogP contribution in [0.3, 0.4) is 0 Å². The summed E-state index contributed by atoms with van der Waals surface area (Å²) in [5, 5.41) is 8.62. The lowest BCUT2D eigenvalue weighted by molar-refractivity contribution is -0.137. The minimum absolute atomic E-state index is 0.109. The molecular weight excluding hydrogens is 186 g/mol. The van der Waals surface area contributed by atoms with E-state index in [1.807, 2.05) is 0 Å². The van der Waals surface area contributed by atoms with Gasteiger partial charge in [-0.25, -0.2) is 5.84 Å². The zero-order chi connectivity index (χ0) is 10.6. The number of aliphatic hydroxyl groups excluding tert-OH is 1. The van der Waals surface area contributed by atoms with Gasteiger partial charge < -0.3 is 10.0 Å². The first-order valence-electron chi connectivity index (χ1n) is 4.58. The second kappa shape index (κ2) is 4.92. The van der Waals surface area contributed by atoms with Crippen LogP contribution in [-0.2, 0) is 9.59 Å². The van der Waals surface area contributed by atoms with Crippen molar-refractivity contribution < 1.29 is 14.7 Å². The third-order valence-electron chi connectivity index (χ3n) is 2.50. The molecular formula is C8H15N3O3. The summed E-state index contributed by atoms with van der Waals surface area (Å²) >= 11 is 0. The maximum absolute atomic E-state index is 11.1. The van der Waals surface area contributed by atoms with Gasteiger partial charge in [-0.3, -0.25) is 15.0 Å². The van der Waals surface area contributed by atoms with E-state index in [9.17, 15) is 9.59 Å². The van der Waals surface area contributed by atoms with Gasteiger partial charge in [-0.2, -0.15) is 0 Å². The van der Waals surface area contributed by atoms with Crippen LogP contribution in [0.25, 0.3) is 0 Å². The van der Waals surface area contributed by atoms with Crippen molar-refractivity contribution >= 4 is 11.8 Å². The minimum atomic E-state index is -0.465. The predicted octanol–water partition coefficient (Wildman–Crippen LogP) is -1.79. The highest BCUT2D eigenvalue weighted by Crippen LogP contribution is 2.16. The standard InChI is InChI=1S/C8H15N3O3/c9-10-8(14)6-1-3-11(4-2-6)7(13)5-12/h6,12H,1-5,9H2,(H,10,14). The molecule has 1 saturated heterocycles. The fraction of sp³-hybridized carbons (Fsp3) is 0.750. The van der Waals surface area contributed by atoms with Crippen molar-refractivity contribution in [3.05, 3.63) is 0 Å². The van der Waals surface area contributed by atoms with Gasteiger partial charge in [0.25, 0.3) is 0 Å². The fourth-order valence-corrected chi connectivity index (χ4v) is 1.61. The van der Waals surface area contributed by atoms with E-state index in [1.165, 1.54) is 0 Å². The highest BCUT2D eigenvalue weighted by Gasteiger charge is 2.26. The Labute approximate surface area is 82.0 Å². The molecule has 80 valence electrons. The van der Waals surface area contributed by atoms with Crippen LogP contribution in [-0.4, -0.2) is 41.5 Å². The summed E-state index contributed by atoms with van der Waals surface area (Å²) in [5.41, 5.74) is 2.10. The second-order valence-corrected chi connectivity index (χ2v) is 3.32. The van der Waals surface area contributed by atoms with Crippen LogP contribution in [0, 0.1) is 5.92 Å². The molecule has 1 fully saturated rings. The average Bonchev–Trinajstić information content (AvgIpc) is 2.27. The third-order valence-corrected chi connectivity index (χ3v) is 2.50. The molecule has 14 heavy (non-hydrogen) atoms. The van der Waals surface area contributed by atoms with Crippen LogP contribution in [0.2, 0.25) is 0 Å². The third kappa shape index (κ3) is 2.43. The molecule has 0 aromatic carbocycles. The Balaban J connectivity index is 2.38. The number of carbonyl (C=O) groups excluding carboxylic acids is 2. The van der Waals surface area contributed by atoms with Crippen LogP contribution in [0.1, 0.15) is 12.8 Å². The van der Waals surface area contributed by atoms with Crippen molar-refractivity contribution in [3.63, 3.8) is 0 Å². The molecule has 0 spiro atoms. The van der Waals surface area contributed by atoms with Crippen LogP contribution in [0.4, 0.5) is 0 Å². The molecule has 2 amide bonds. The van der Waals surface area contributed by atoms with Gasteiger partial charge in [-0.1, -0.05) is 0 Å². The van der Waals surface area contributed by atoms with Crippen molar-refractivity contribution in [2.75, 3.05) is 19.7 Å². The number of nitrogens with two attached hydrogens (primary N) is 1. The lowest BCUT2D eigenvalue weighted by Crippen LogP contribution is -2.45. The van der Waals surface area contributed by atoms with Crippen molar-refractivity contribution in [3.8, 4) is 0 Å². The largest absolute Gasteiger partial charge is 0.387 e. The topological polar surface area (TPSA) is 95.7 Å². The Bertz CT molecular complexity index is 200. The van der Waals surface area contributed by atoms with E-state index in [2.05, 4.69) is 5.43 Å². The summed E-state index contributed by atoms with van der Waals surface area (Å²) in [6, 6.07) is 0. The number of piperidine rings is 1. The lowest BCUT2D eigenvalue weighted by Gasteiger charge is -2.30. The van der Waals surface area contributed by atoms with Gasteiger partial charge in [0.1, 0.15) is 6.61 Å². The van der Waals surface area contributed by atoms with Gasteiger partial charge in [0.2, 0.25) is 11.8 Å². The number of amides is 2. The zero-order valence-electron chi connectivity index (χ0n) is 7.90. The van der Waals surface area contributed by atoms with E-state index in [1.54, 1.807) is 4.90 Å². The van der Waals surface area contributed by atoms with Crippen LogP contribution < -0.4 is 11.3 Å². The first-order chi connectivity index (χ1) is 6.69. The first-order valence-corrected chi connectivity index (χ1v) is 4.58. The number of aliphatic hydroxyl groups is 1. The molecule has 6 heteroatoms. The number of likely N-dealkylation sites (tertiary alicyclic amines) is 1. The van der Waals surface area contributed by atoms with Crippen molar-refractivity contribution in [1.29, 1.82) is 0 Å². The van der Waals surface area contributed by atoms with E-state index in [-0.39, 0.29) is 17.7 Å². The molecule has 0 aliphatic carbocycles. The van der Waals surface area contributed by atoms with Crippen LogP contribution >= 0.6 is 0 Å². The van der Waals surface area contributed by atoms with Crippen molar-refractivity contribution in [1.82, 2.24) is 10.3 Å². The summed E-state index contributed by atoms with van der Waals surface area (Å²) in [5.74, 6) is 4.43. The quantitative estimate of drug-likeness (QED) is 0.279. The molecule has 0 unspecified atom stereocenters. The smallest absolute Gasteiger partial charge is 0.248 e.